The van der Waals surface area contributed by atoms with Crippen molar-refractivity contribution in [3.8, 4) is 0 Å². The van der Waals surface area contributed by atoms with Crippen LogP contribution in [0.15, 0.2) is 12.2 Å². The second-order valence-electron chi connectivity index (χ2n) is 23.5. The second kappa shape index (κ2) is 61.9. The summed E-state index contributed by atoms with van der Waals surface area (Å²) in [6.45, 7) is 4.10. The lowest BCUT2D eigenvalue weighted by molar-refractivity contribution is -0.132. The molecule has 0 aromatic carbocycles. The molecule has 73 heavy (non-hydrogen) atoms. The molecule has 0 spiro atoms. The molecular formula is C67H133NO5. The summed E-state index contributed by atoms with van der Waals surface area (Å²) in [6.07, 6.45) is 76.2. The number of hydrogen-bond donors (Lipinski definition) is 5. The van der Waals surface area contributed by atoms with E-state index in [2.05, 4.69) is 31.3 Å². The van der Waals surface area contributed by atoms with E-state index >= 15 is 0 Å². The Morgan fingerprint density at radius 1 is 0.329 bits per heavy atom. The van der Waals surface area contributed by atoms with E-state index < -0.39 is 36.9 Å². The summed E-state index contributed by atoms with van der Waals surface area (Å²) in [5.41, 5.74) is 0. The smallest absolute Gasteiger partial charge is 0.249 e. The van der Waals surface area contributed by atoms with Crippen LogP contribution in [-0.4, -0.2) is 57.3 Å². The van der Waals surface area contributed by atoms with Crippen LogP contribution in [0.25, 0.3) is 0 Å². The first-order valence-electron chi connectivity index (χ1n) is 33.6. The molecule has 436 valence electrons. The minimum atomic E-state index is -1.28. The van der Waals surface area contributed by atoms with Crippen LogP contribution in [0.2, 0.25) is 0 Å². The highest BCUT2D eigenvalue weighted by atomic mass is 16.3. The molecule has 6 nitrogen and oxygen atoms in total. The van der Waals surface area contributed by atoms with E-state index in [1.807, 2.05) is 0 Å². The van der Waals surface area contributed by atoms with Crippen molar-refractivity contribution in [1.29, 1.82) is 0 Å². The number of nitrogens with one attached hydrogen (secondary N) is 1. The van der Waals surface area contributed by atoms with Crippen molar-refractivity contribution in [3.05, 3.63) is 12.2 Å². The van der Waals surface area contributed by atoms with Gasteiger partial charge in [-0.05, 0) is 38.5 Å². The molecule has 0 aromatic rings. The summed E-state index contributed by atoms with van der Waals surface area (Å²) < 4.78 is 0. The molecule has 6 heteroatoms. The number of carbonyl (C=O) groups excluding carboxylic acids is 1. The minimum Gasteiger partial charge on any atom is -0.394 e. The van der Waals surface area contributed by atoms with Gasteiger partial charge in [0.1, 0.15) is 12.2 Å². The van der Waals surface area contributed by atoms with Crippen LogP contribution in [0.3, 0.4) is 0 Å². The summed E-state index contributed by atoms with van der Waals surface area (Å²) in [7, 11) is 0. The number of amides is 1. The molecule has 0 aromatic heterocycles. The van der Waals surface area contributed by atoms with Gasteiger partial charge < -0.3 is 25.7 Å². The second-order valence-corrected chi connectivity index (χ2v) is 23.5. The third kappa shape index (κ3) is 55.6. The Bertz CT molecular complexity index is 1070. The van der Waals surface area contributed by atoms with Crippen molar-refractivity contribution in [3.63, 3.8) is 0 Å². The zero-order valence-electron chi connectivity index (χ0n) is 49.7. The van der Waals surface area contributed by atoms with E-state index in [4.69, 9.17) is 0 Å². The van der Waals surface area contributed by atoms with Gasteiger partial charge in [0.2, 0.25) is 5.91 Å². The molecule has 0 heterocycles. The van der Waals surface area contributed by atoms with E-state index in [1.54, 1.807) is 0 Å². The molecule has 0 radical (unpaired) electrons. The fourth-order valence-electron chi connectivity index (χ4n) is 11.0. The topological polar surface area (TPSA) is 110 Å². The van der Waals surface area contributed by atoms with Gasteiger partial charge in [-0.15, -0.1) is 0 Å². The van der Waals surface area contributed by atoms with Gasteiger partial charge in [0.15, 0.2) is 0 Å². The van der Waals surface area contributed by atoms with Gasteiger partial charge in [-0.1, -0.05) is 353 Å². The first kappa shape index (κ1) is 72.0. The number of aliphatic hydroxyl groups excluding tert-OH is 4. The van der Waals surface area contributed by atoms with Gasteiger partial charge >= 0.3 is 0 Å². The van der Waals surface area contributed by atoms with Crippen molar-refractivity contribution in [2.75, 3.05) is 6.61 Å². The van der Waals surface area contributed by atoms with Gasteiger partial charge in [-0.2, -0.15) is 0 Å². The van der Waals surface area contributed by atoms with Gasteiger partial charge in [0, 0.05) is 0 Å². The highest BCUT2D eigenvalue weighted by Gasteiger charge is 2.28. The molecule has 0 bridgehead atoms. The molecule has 5 N–H and O–H groups in total. The summed E-state index contributed by atoms with van der Waals surface area (Å²) in [6, 6.07) is -1.000. The predicted molar refractivity (Wildman–Crippen MR) is 321 cm³/mol. The first-order chi connectivity index (χ1) is 36.0. The van der Waals surface area contributed by atoms with Crippen molar-refractivity contribution in [1.82, 2.24) is 5.32 Å². The zero-order valence-corrected chi connectivity index (χ0v) is 49.7. The molecule has 0 saturated carbocycles. The van der Waals surface area contributed by atoms with E-state index in [9.17, 15) is 25.2 Å². The molecule has 0 aliphatic carbocycles. The van der Waals surface area contributed by atoms with Crippen LogP contribution < -0.4 is 5.32 Å². The monoisotopic (exact) mass is 1030 g/mol. The summed E-state index contributed by atoms with van der Waals surface area (Å²) >= 11 is 0. The van der Waals surface area contributed by atoms with Crippen LogP contribution in [0.1, 0.15) is 380 Å². The summed E-state index contributed by atoms with van der Waals surface area (Å²) in [5, 5.41) is 44.2. The minimum absolute atomic E-state index is 0.369. The molecule has 4 atom stereocenters. The van der Waals surface area contributed by atoms with Gasteiger partial charge in [0.25, 0.3) is 0 Å². The number of rotatable bonds is 63. The maximum atomic E-state index is 12.6. The van der Waals surface area contributed by atoms with Crippen LogP contribution in [-0.2, 0) is 4.79 Å². The Balaban J connectivity index is 3.55. The van der Waals surface area contributed by atoms with Crippen LogP contribution in [0.4, 0.5) is 0 Å². The lowest BCUT2D eigenvalue weighted by atomic mass is 10.00. The fourth-order valence-corrected chi connectivity index (χ4v) is 11.0. The quantitative estimate of drug-likeness (QED) is 0.0308. The molecule has 0 rings (SSSR count). The van der Waals surface area contributed by atoms with E-state index in [0.29, 0.717) is 12.8 Å². The first-order valence-corrected chi connectivity index (χ1v) is 33.6. The number of unbranched alkanes of at least 4 members (excludes halogenated alkanes) is 52. The Labute approximate surface area is 457 Å². The molecule has 0 fully saturated rings. The molecule has 0 aliphatic heterocycles. The average molecular weight is 1030 g/mol. The molecular weight excluding hydrogens is 899 g/mol. The molecule has 0 aliphatic rings. The van der Waals surface area contributed by atoms with E-state index in [1.165, 1.54) is 315 Å². The maximum absolute atomic E-state index is 12.6. The van der Waals surface area contributed by atoms with Crippen LogP contribution >= 0.6 is 0 Å². The van der Waals surface area contributed by atoms with Crippen molar-refractivity contribution < 1.29 is 25.2 Å². The van der Waals surface area contributed by atoms with Crippen LogP contribution in [0, 0.1) is 0 Å². The number of hydrogen-bond acceptors (Lipinski definition) is 5. The number of aliphatic hydroxyl groups is 4. The van der Waals surface area contributed by atoms with Crippen molar-refractivity contribution >= 4 is 5.91 Å². The predicted octanol–water partition coefficient (Wildman–Crippen LogP) is 20.4. The van der Waals surface area contributed by atoms with Crippen LogP contribution in [0.5, 0.6) is 0 Å². The summed E-state index contributed by atoms with van der Waals surface area (Å²) in [5.74, 6) is -0.584. The van der Waals surface area contributed by atoms with Gasteiger partial charge in [0.05, 0.1) is 18.8 Å². The van der Waals surface area contributed by atoms with E-state index in [-0.39, 0.29) is 0 Å². The number of allylic oxidation sites excluding steroid dienone is 2. The van der Waals surface area contributed by atoms with Gasteiger partial charge in [-0.25, -0.2) is 0 Å². The Kier molecular flexibility index (Phi) is 61.1. The highest BCUT2D eigenvalue weighted by Crippen LogP contribution is 2.19. The zero-order chi connectivity index (χ0) is 53.0. The van der Waals surface area contributed by atoms with Crippen molar-refractivity contribution in [2.45, 2.75) is 404 Å². The molecule has 1 amide bonds. The fraction of sp³-hybridized carbons (Fsp3) is 0.955. The standard InChI is InChI=1S/C67H133NO5/c1-3-5-7-9-11-13-15-17-19-21-23-25-27-29-31-32-33-34-35-37-39-41-43-45-47-49-51-53-55-57-59-61-65(71)67(73)68-63(62-69)66(72)64(70)60-58-56-54-52-50-48-46-44-42-40-38-36-30-28-26-24-22-20-18-16-14-12-10-8-6-4-2/h52,54,63-66,69-72H,3-51,53,55-62H2,1-2H3,(H,68,73)/b54-52+. The SMILES string of the molecule is CCCCCCCCCCCCCCCCCCCCCCC/C=C/CCCC(O)C(O)C(CO)NC(=O)C(O)CCCCCCCCCCCCCCCCCCCCCCCCCCCCCCCCC. The van der Waals surface area contributed by atoms with Crippen molar-refractivity contribution in [2.24, 2.45) is 0 Å². The largest absolute Gasteiger partial charge is 0.394 e. The van der Waals surface area contributed by atoms with E-state index in [0.717, 1.165) is 38.5 Å². The van der Waals surface area contributed by atoms with Gasteiger partial charge in [-0.3, -0.25) is 4.79 Å². The lowest BCUT2D eigenvalue weighted by Crippen LogP contribution is -2.53. The third-order valence-corrected chi connectivity index (χ3v) is 16.2. The Morgan fingerprint density at radius 3 is 0.822 bits per heavy atom. The number of carbonyl (C=O) groups is 1. The third-order valence-electron chi connectivity index (χ3n) is 16.2. The summed E-state index contributed by atoms with van der Waals surface area (Å²) in [4.78, 5) is 12.6. The Hall–Kier alpha value is -0.950. The average Bonchev–Trinajstić information content (AvgIpc) is 3.40. The maximum Gasteiger partial charge on any atom is 0.249 e. The Morgan fingerprint density at radius 2 is 0.562 bits per heavy atom. The normalized spacial score (nSPS) is 13.6. The highest BCUT2D eigenvalue weighted by molar-refractivity contribution is 5.80. The molecule has 0 saturated heterocycles. The lowest BCUT2D eigenvalue weighted by Gasteiger charge is -2.27. The molecule has 4 unspecified atom stereocenters.